The van der Waals surface area contributed by atoms with Crippen LogP contribution in [-0.2, 0) is 11.8 Å². The first-order chi connectivity index (χ1) is 8.13. The molecule has 6 heteroatoms. The fourth-order valence-corrected chi connectivity index (χ4v) is 1.52. The maximum absolute atomic E-state index is 11.6. The third-order valence-electron chi connectivity index (χ3n) is 2.35. The van der Waals surface area contributed by atoms with E-state index in [1.807, 2.05) is 6.92 Å². The van der Waals surface area contributed by atoms with Crippen molar-refractivity contribution in [3.63, 3.8) is 0 Å². The zero-order chi connectivity index (χ0) is 12.4. The van der Waals surface area contributed by atoms with Crippen molar-refractivity contribution in [2.75, 3.05) is 7.11 Å². The number of methoxy groups -OCH3 is 1. The molecule has 0 aliphatic heterocycles. The molecule has 2 aromatic rings. The van der Waals surface area contributed by atoms with Crippen molar-refractivity contribution in [1.29, 1.82) is 0 Å². The summed E-state index contributed by atoms with van der Waals surface area (Å²) in [6, 6.07) is 1.79. The number of nitrogens with zero attached hydrogens (tertiary/aromatic N) is 4. The van der Waals surface area contributed by atoms with Crippen LogP contribution in [0.2, 0.25) is 0 Å². The minimum Gasteiger partial charge on any atom is -0.464 e. The van der Waals surface area contributed by atoms with E-state index >= 15 is 0 Å². The highest BCUT2D eigenvalue weighted by Gasteiger charge is 2.20. The largest absolute Gasteiger partial charge is 0.464 e. The molecule has 2 rings (SSSR count). The Labute approximate surface area is 98.3 Å². The van der Waals surface area contributed by atoms with Crippen molar-refractivity contribution in [2.45, 2.75) is 6.92 Å². The first-order valence-corrected chi connectivity index (χ1v) is 5.04. The molecule has 0 aliphatic carbocycles. The molecule has 0 unspecified atom stereocenters. The van der Waals surface area contributed by atoms with Crippen LogP contribution in [0.15, 0.2) is 18.5 Å². The minimum atomic E-state index is -0.454. The third-order valence-corrected chi connectivity index (χ3v) is 2.35. The summed E-state index contributed by atoms with van der Waals surface area (Å²) in [5, 5.41) is 4.03. The Bertz CT molecular complexity index is 562. The summed E-state index contributed by atoms with van der Waals surface area (Å²) in [5.74, 6) is 0.0172. The van der Waals surface area contributed by atoms with Gasteiger partial charge in [0.2, 0.25) is 0 Å². The number of ether oxygens (including phenoxy) is 1. The van der Waals surface area contributed by atoms with Gasteiger partial charge >= 0.3 is 5.97 Å². The number of aryl methyl sites for hydroxylation is 2. The summed E-state index contributed by atoms with van der Waals surface area (Å²) in [5.41, 5.74) is 1.75. The number of carbonyl (C=O) groups is 1. The van der Waals surface area contributed by atoms with Crippen LogP contribution in [0.1, 0.15) is 16.2 Å². The molecule has 17 heavy (non-hydrogen) atoms. The van der Waals surface area contributed by atoms with Crippen molar-refractivity contribution in [3.05, 3.63) is 29.8 Å². The molecular formula is C11H12N4O2. The predicted octanol–water partition coefficient (Wildman–Crippen LogP) is 0.972. The van der Waals surface area contributed by atoms with E-state index in [0.717, 1.165) is 5.69 Å². The number of rotatable bonds is 2. The van der Waals surface area contributed by atoms with Crippen LogP contribution in [0.5, 0.6) is 0 Å². The molecule has 0 bridgehead atoms. The molecule has 0 radical (unpaired) electrons. The zero-order valence-electron chi connectivity index (χ0n) is 9.84. The molecule has 0 atom stereocenters. The summed E-state index contributed by atoms with van der Waals surface area (Å²) in [7, 11) is 3.00. The van der Waals surface area contributed by atoms with Crippen LogP contribution in [-0.4, -0.2) is 32.8 Å². The molecule has 0 saturated carbocycles. The van der Waals surface area contributed by atoms with Crippen LogP contribution >= 0.6 is 0 Å². The second-order valence-corrected chi connectivity index (χ2v) is 3.54. The lowest BCUT2D eigenvalue weighted by molar-refractivity contribution is 0.0589. The lowest BCUT2D eigenvalue weighted by Gasteiger charge is -2.03. The average molecular weight is 232 g/mol. The Balaban J connectivity index is 2.57. The van der Waals surface area contributed by atoms with E-state index < -0.39 is 5.97 Å². The van der Waals surface area contributed by atoms with E-state index in [9.17, 15) is 4.79 Å². The lowest BCUT2D eigenvalue weighted by atomic mass is 10.2. The van der Waals surface area contributed by atoms with Crippen LogP contribution in [0.3, 0.4) is 0 Å². The van der Waals surface area contributed by atoms with Gasteiger partial charge in [-0.3, -0.25) is 4.68 Å². The molecule has 0 aromatic carbocycles. The molecule has 2 heterocycles. The quantitative estimate of drug-likeness (QED) is 0.721. The Kier molecular flexibility index (Phi) is 2.86. The normalized spacial score (nSPS) is 10.3. The number of carbonyl (C=O) groups excluding carboxylic acids is 1. The maximum Gasteiger partial charge on any atom is 0.357 e. The van der Waals surface area contributed by atoms with E-state index in [1.54, 1.807) is 25.5 Å². The third kappa shape index (κ3) is 2.01. The highest BCUT2D eigenvalue weighted by molar-refractivity contribution is 5.94. The highest BCUT2D eigenvalue weighted by Crippen LogP contribution is 2.19. The Morgan fingerprint density at radius 2 is 2.24 bits per heavy atom. The van der Waals surface area contributed by atoms with Crippen molar-refractivity contribution in [3.8, 4) is 11.4 Å². The second-order valence-electron chi connectivity index (χ2n) is 3.54. The molecule has 6 nitrogen and oxygen atoms in total. The number of hydrogen-bond donors (Lipinski definition) is 0. The van der Waals surface area contributed by atoms with Gasteiger partial charge in [-0.1, -0.05) is 0 Å². The predicted molar refractivity (Wildman–Crippen MR) is 60.3 cm³/mol. The molecular weight excluding hydrogens is 220 g/mol. The van der Waals surface area contributed by atoms with Gasteiger partial charge in [-0.2, -0.15) is 5.10 Å². The second kappa shape index (κ2) is 4.32. The van der Waals surface area contributed by atoms with Crippen molar-refractivity contribution in [1.82, 2.24) is 19.7 Å². The smallest absolute Gasteiger partial charge is 0.357 e. The van der Waals surface area contributed by atoms with E-state index in [0.29, 0.717) is 17.1 Å². The van der Waals surface area contributed by atoms with E-state index in [-0.39, 0.29) is 0 Å². The van der Waals surface area contributed by atoms with Crippen LogP contribution in [0.4, 0.5) is 0 Å². The Hall–Kier alpha value is -2.24. The molecule has 2 aromatic heterocycles. The van der Waals surface area contributed by atoms with Crippen LogP contribution < -0.4 is 0 Å². The first kappa shape index (κ1) is 11.3. The first-order valence-electron chi connectivity index (χ1n) is 5.04. The number of aromatic nitrogens is 4. The summed E-state index contributed by atoms with van der Waals surface area (Å²) in [6.45, 7) is 1.86. The van der Waals surface area contributed by atoms with Crippen molar-refractivity contribution >= 4 is 5.97 Å². The van der Waals surface area contributed by atoms with Gasteiger partial charge in [0, 0.05) is 18.9 Å². The SMILES string of the molecule is COC(=O)c1c(-c2nccc(C)n2)cnn1C. The zero-order valence-corrected chi connectivity index (χ0v) is 9.84. The maximum atomic E-state index is 11.6. The average Bonchev–Trinajstić information content (AvgIpc) is 2.70. The molecule has 0 N–H and O–H groups in total. The summed E-state index contributed by atoms with van der Waals surface area (Å²) < 4.78 is 6.16. The molecule has 0 amide bonds. The fourth-order valence-electron chi connectivity index (χ4n) is 1.52. The van der Waals surface area contributed by atoms with Gasteiger partial charge in [0.25, 0.3) is 0 Å². The number of hydrogen-bond acceptors (Lipinski definition) is 5. The molecule has 0 saturated heterocycles. The van der Waals surface area contributed by atoms with Gasteiger partial charge in [-0.25, -0.2) is 14.8 Å². The lowest BCUT2D eigenvalue weighted by Crippen LogP contribution is -2.10. The van der Waals surface area contributed by atoms with Gasteiger partial charge < -0.3 is 4.74 Å². The standard InChI is InChI=1S/C11H12N4O2/c1-7-4-5-12-10(14-7)8-6-13-15(2)9(8)11(16)17-3/h4-6H,1-3H3. The minimum absolute atomic E-state index is 0.345. The molecule has 0 fully saturated rings. The molecule has 88 valence electrons. The molecule has 0 aliphatic rings. The Morgan fingerprint density at radius 3 is 2.88 bits per heavy atom. The fraction of sp³-hybridized carbons (Fsp3) is 0.273. The van der Waals surface area contributed by atoms with Crippen LogP contribution in [0.25, 0.3) is 11.4 Å². The van der Waals surface area contributed by atoms with E-state index in [1.165, 1.54) is 11.8 Å². The number of esters is 1. The highest BCUT2D eigenvalue weighted by atomic mass is 16.5. The van der Waals surface area contributed by atoms with Gasteiger partial charge in [0.1, 0.15) is 0 Å². The monoisotopic (exact) mass is 232 g/mol. The Morgan fingerprint density at radius 1 is 1.47 bits per heavy atom. The molecule has 0 spiro atoms. The van der Waals surface area contributed by atoms with Crippen molar-refractivity contribution < 1.29 is 9.53 Å². The summed E-state index contributed by atoms with van der Waals surface area (Å²) in [6.07, 6.45) is 3.20. The van der Waals surface area contributed by atoms with Gasteiger partial charge in [0.15, 0.2) is 11.5 Å². The van der Waals surface area contributed by atoms with Crippen LogP contribution in [0, 0.1) is 6.92 Å². The van der Waals surface area contributed by atoms with E-state index in [2.05, 4.69) is 15.1 Å². The topological polar surface area (TPSA) is 69.9 Å². The van der Waals surface area contributed by atoms with Gasteiger partial charge in [-0.15, -0.1) is 0 Å². The van der Waals surface area contributed by atoms with Gasteiger partial charge in [0.05, 0.1) is 18.9 Å². The van der Waals surface area contributed by atoms with Gasteiger partial charge in [-0.05, 0) is 13.0 Å². The van der Waals surface area contributed by atoms with Crippen molar-refractivity contribution in [2.24, 2.45) is 7.05 Å². The summed E-state index contributed by atoms with van der Waals surface area (Å²) in [4.78, 5) is 20.0. The summed E-state index contributed by atoms with van der Waals surface area (Å²) >= 11 is 0. The van der Waals surface area contributed by atoms with E-state index in [4.69, 9.17) is 4.74 Å².